The molecule has 1 aliphatic heterocycles. The van der Waals surface area contributed by atoms with E-state index in [-0.39, 0.29) is 6.09 Å². The van der Waals surface area contributed by atoms with E-state index in [1.165, 1.54) is 0 Å². The summed E-state index contributed by atoms with van der Waals surface area (Å²) < 4.78 is 11.6. The van der Waals surface area contributed by atoms with Gasteiger partial charge in [-0.3, -0.25) is 4.98 Å². The summed E-state index contributed by atoms with van der Waals surface area (Å²) in [5, 5.41) is 0.934. The second-order valence-corrected chi connectivity index (χ2v) is 8.51. The number of aryl methyl sites for hydroxylation is 1. The molecule has 2 heterocycles. The zero-order chi connectivity index (χ0) is 22.6. The van der Waals surface area contributed by atoms with E-state index >= 15 is 0 Å². The van der Waals surface area contributed by atoms with Gasteiger partial charge in [-0.15, -0.1) is 0 Å². The van der Waals surface area contributed by atoms with E-state index in [0.29, 0.717) is 31.9 Å². The fraction of sp³-hybridized carbons (Fsp3) is 0.360. The number of allylic oxidation sites excluding steroid dienone is 3. The van der Waals surface area contributed by atoms with Crippen LogP contribution in [0.25, 0.3) is 10.9 Å². The maximum Gasteiger partial charge on any atom is 0.410 e. The van der Waals surface area contributed by atoms with Crippen molar-refractivity contribution in [3.8, 4) is 5.75 Å². The molecule has 0 bridgehead atoms. The Bertz CT molecular complexity index is 1010. The van der Waals surface area contributed by atoms with Gasteiger partial charge in [0.2, 0.25) is 0 Å². The first-order chi connectivity index (χ1) is 14.7. The topological polar surface area (TPSA) is 54.9 Å². The van der Waals surface area contributed by atoms with Gasteiger partial charge in [0.25, 0.3) is 0 Å². The average molecular weight is 422 g/mol. The lowest BCUT2D eigenvalue weighted by Crippen LogP contribution is -2.50. The van der Waals surface area contributed by atoms with E-state index in [2.05, 4.69) is 24.1 Å². The minimum absolute atomic E-state index is 0.263. The van der Waals surface area contributed by atoms with Crippen LogP contribution in [-0.4, -0.2) is 47.8 Å². The standard InChI is InChI=1S/C25H31N3O3/c1-7-10-19(8-2)30-23-18(3)17-26-22-20(23)11-9-12-21(22)27-13-15-28(16-14-27)24(29)31-25(4,5)6/h7-12,17H,1-2,13-16H2,3-6H3/b19-10+. The normalized spacial score (nSPS) is 15.0. The first-order valence-electron chi connectivity index (χ1n) is 10.5. The van der Waals surface area contributed by atoms with Gasteiger partial charge >= 0.3 is 6.09 Å². The summed E-state index contributed by atoms with van der Waals surface area (Å²) in [5.41, 5.74) is 2.35. The molecule has 1 aliphatic rings. The fourth-order valence-electron chi connectivity index (χ4n) is 3.51. The molecular weight excluding hydrogens is 390 g/mol. The van der Waals surface area contributed by atoms with Crippen molar-refractivity contribution < 1.29 is 14.3 Å². The zero-order valence-corrected chi connectivity index (χ0v) is 18.9. The number of hydrogen-bond donors (Lipinski definition) is 0. The third-order valence-corrected chi connectivity index (χ3v) is 4.98. The summed E-state index contributed by atoms with van der Waals surface area (Å²) >= 11 is 0. The van der Waals surface area contributed by atoms with Crippen molar-refractivity contribution in [2.24, 2.45) is 0 Å². The molecule has 1 aromatic carbocycles. The molecule has 6 nitrogen and oxygen atoms in total. The Balaban J connectivity index is 1.85. The number of piperazine rings is 1. The molecule has 0 aliphatic carbocycles. The molecule has 164 valence electrons. The van der Waals surface area contributed by atoms with Gasteiger partial charge in [0.15, 0.2) is 0 Å². The van der Waals surface area contributed by atoms with E-state index in [9.17, 15) is 4.79 Å². The van der Waals surface area contributed by atoms with Gasteiger partial charge in [0.1, 0.15) is 17.1 Å². The third kappa shape index (κ3) is 5.26. The van der Waals surface area contributed by atoms with Gasteiger partial charge in [-0.2, -0.15) is 0 Å². The van der Waals surface area contributed by atoms with E-state index in [1.54, 1.807) is 23.1 Å². The van der Waals surface area contributed by atoms with Crippen molar-refractivity contribution in [1.29, 1.82) is 0 Å². The van der Waals surface area contributed by atoms with Crippen molar-refractivity contribution in [2.45, 2.75) is 33.3 Å². The first-order valence-corrected chi connectivity index (χ1v) is 10.5. The van der Waals surface area contributed by atoms with E-state index < -0.39 is 5.60 Å². The SMILES string of the molecule is C=C/C=C(\C=C)Oc1c(C)cnc2c(N3CCN(C(=O)OC(C)(C)C)CC3)cccc12. The fourth-order valence-corrected chi connectivity index (χ4v) is 3.51. The molecule has 0 radical (unpaired) electrons. The van der Waals surface area contributed by atoms with Crippen LogP contribution in [0.3, 0.4) is 0 Å². The summed E-state index contributed by atoms with van der Waals surface area (Å²) in [4.78, 5) is 21.1. The number of rotatable bonds is 5. The number of pyridine rings is 1. The summed E-state index contributed by atoms with van der Waals surface area (Å²) in [6, 6.07) is 6.09. The van der Waals surface area contributed by atoms with Crippen molar-refractivity contribution >= 4 is 22.7 Å². The van der Waals surface area contributed by atoms with Crippen LogP contribution in [0.1, 0.15) is 26.3 Å². The maximum absolute atomic E-state index is 12.4. The summed E-state index contributed by atoms with van der Waals surface area (Å²) in [6.07, 6.45) is 6.67. The highest BCUT2D eigenvalue weighted by atomic mass is 16.6. The van der Waals surface area contributed by atoms with Crippen molar-refractivity contribution in [3.63, 3.8) is 0 Å². The Morgan fingerprint density at radius 1 is 1.16 bits per heavy atom. The van der Waals surface area contributed by atoms with Crippen LogP contribution < -0.4 is 9.64 Å². The van der Waals surface area contributed by atoms with Gasteiger partial charge in [-0.1, -0.05) is 25.3 Å². The minimum Gasteiger partial charge on any atom is -0.456 e. The average Bonchev–Trinajstić information content (AvgIpc) is 2.73. The lowest BCUT2D eigenvalue weighted by Gasteiger charge is -2.37. The molecule has 31 heavy (non-hydrogen) atoms. The predicted molar refractivity (Wildman–Crippen MR) is 126 cm³/mol. The number of ether oxygens (including phenoxy) is 2. The molecular formula is C25H31N3O3. The van der Waals surface area contributed by atoms with Gasteiger partial charge < -0.3 is 19.3 Å². The lowest BCUT2D eigenvalue weighted by atomic mass is 10.1. The smallest absolute Gasteiger partial charge is 0.410 e. The highest BCUT2D eigenvalue weighted by Gasteiger charge is 2.27. The number of benzene rings is 1. The Morgan fingerprint density at radius 3 is 2.48 bits per heavy atom. The molecule has 0 saturated carbocycles. The van der Waals surface area contributed by atoms with Crippen LogP contribution in [0.5, 0.6) is 5.75 Å². The van der Waals surface area contributed by atoms with Crippen LogP contribution in [0, 0.1) is 6.92 Å². The molecule has 1 aromatic heterocycles. The first kappa shape index (κ1) is 22.4. The molecule has 1 amide bonds. The highest BCUT2D eigenvalue weighted by molar-refractivity contribution is 5.95. The van der Waals surface area contributed by atoms with Crippen molar-refractivity contribution in [1.82, 2.24) is 9.88 Å². The number of amides is 1. The van der Waals surface area contributed by atoms with Crippen LogP contribution >= 0.6 is 0 Å². The monoisotopic (exact) mass is 421 g/mol. The number of nitrogens with zero attached hydrogens (tertiary/aromatic N) is 3. The molecule has 1 fully saturated rings. The molecule has 6 heteroatoms. The van der Waals surface area contributed by atoms with Gasteiger partial charge in [-0.05, 0) is 52.0 Å². The Hall–Kier alpha value is -3.28. The number of fused-ring (bicyclic) bond motifs is 1. The number of carbonyl (C=O) groups excluding carboxylic acids is 1. The van der Waals surface area contributed by atoms with Crippen LogP contribution in [0.15, 0.2) is 61.5 Å². The van der Waals surface area contributed by atoms with Crippen molar-refractivity contribution in [2.75, 3.05) is 31.1 Å². The van der Waals surface area contributed by atoms with Crippen molar-refractivity contribution in [3.05, 3.63) is 67.1 Å². The molecule has 0 N–H and O–H groups in total. The maximum atomic E-state index is 12.4. The van der Waals surface area contributed by atoms with E-state index in [1.807, 2.05) is 46.0 Å². The Morgan fingerprint density at radius 2 is 1.87 bits per heavy atom. The number of anilines is 1. The second-order valence-electron chi connectivity index (χ2n) is 8.51. The number of carbonyl (C=O) groups is 1. The number of hydrogen-bond acceptors (Lipinski definition) is 5. The molecule has 3 rings (SSSR count). The summed E-state index contributed by atoms with van der Waals surface area (Å²) in [6.45, 7) is 17.8. The van der Waals surface area contributed by atoms with E-state index in [4.69, 9.17) is 14.5 Å². The summed E-state index contributed by atoms with van der Waals surface area (Å²) in [5.74, 6) is 1.38. The van der Waals surface area contributed by atoms with Crippen LogP contribution in [-0.2, 0) is 4.74 Å². The molecule has 0 unspecified atom stereocenters. The van der Waals surface area contributed by atoms with Crippen LogP contribution in [0.2, 0.25) is 0 Å². The predicted octanol–water partition coefficient (Wildman–Crippen LogP) is 5.24. The Kier molecular flexibility index (Phi) is 6.68. The highest BCUT2D eigenvalue weighted by Crippen LogP contribution is 2.35. The third-order valence-electron chi connectivity index (χ3n) is 4.98. The number of para-hydroxylation sites is 1. The summed E-state index contributed by atoms with van der Waals surface area (Å²) in [7, 11) is 0. The lowest BCUT2D eigenvalue weighted by molar-refractivity contribution is 0.0240. The second kappa shape index (κ2) is 9.25. The van der Waals surface area contributed by atoms with Gasteiger partial charge in [0.05, 0.1) is 11.2 Å². The van der Waals surface area contributed by atoms with Gasteiger partial charge in [-0.25, -0.2) is 4.79 Å². The molecule has 0 spiro atoms. The molecule has 1 saturated heterocycles. The quantitative estimate of drug-likeness (QED) is 0.488. The molecule has 2 aromatic rings. The molecule has 0 atom stereocenters. The van der Waals surface area contributed by atoms with Crippen LogP contribution in [0.4, 0.5) is 10.5 Å². The Labute approximate surface area is 184 Å². The largest absolute Gasteiger partial charge is 0.456 e. The van der Waals surface area contributed by atoms with Gasteiger partial charge in [0, 0.05) is 43.3 Å². The number of aromatic nitrogens is 1. The minimum atomic E-state index is -0.494. The van der Waals surface area contributed by atoms with E-state index in [0.717, 1.165) is 27.9 Å². The zero-order valence-electron chi connectivity index (χ0n) is 18.9.